The van der Waals surface area contributed by atoms with Crippen molar-refractivity contribution in [3.8, 4) is 0 Å². The van der Waals surface area contributed by atoms with E-state index in [-0.39, 0.29) is 5.91 Å². The molecule has 2 aromatic heterocycles. The zero-order chi connectivity index (χ0) is 13.0. The molecule has 96 valence electrons. The lowest BCUT2D eigenvalue weighted by Gasteiger charge is -2.16. The highest BCUT2D eigenvalue weighted by molar-refractivity contribution is 7.08. The lowest BCUT2D eigenvalue weighted by Crippen LogP contribution is -2.27. The van der Waals surface area contributed by atoms with Crippen LogP contribution < -0.4 is 0 Å². The van der Waals surface area contributed by atoms with Crippen LogP contribution in [-0.4, -0.2) is 34.0 Å². The van der Waals surface area contributed by atoms with Gasteiger partial charge in [0.2, 0.25) is 0 Å². The summed E-state index contributed by atoms with van der Waals surface area (Å²) in [5.41, 5.74) is 0.777. The van der Waals surface area contributed by atoms with Gasteiger partial charge in [0.25, 0.3) is 5.91 Å². The highest BCUT2D eigenvalue weighted by Crippen LogP contribution is 2.09. The van der Waals surface area contributed by atoms with Crippen LogP contribution in [0.3, 0.4) is 0 Å². The summed E-state index contributed by atoms with van der Waals surface area (Å²) in [5, 5.41) is 3.81. The molecule has 0 saturated heterocycles. The fourth-order valence-corrected chi connectivity index (χ4v) is 2.45. The molecule has 0 radical (unpaired) electrons. The molecule has 5 heteroatoms. The maximum Gasteiger partial charge on any atom is 0.254 e. The molecule has 2 heterocycles. The van der Waals surface area contributed by atoms with E-state index < -0.39 is 0 Å². The van der Waals surface area contributed by atoms with E-state index in [0.717, 1.165) is 30.8 Å². The standard InChI is InChI=1S/C13H17N3OS/c1-15-8-6-14-12(15)4-3-7-16(2)13(17)11-5-9-18-10-11/h5-6,8-10H,3-4,7H2,1-2H3. The molecule has 0 N–H and O–H groups in total. The first-order valence-electron chi connectivity index (χ1n) is 5.92. The number of aryl methyl sites for hydroxylation is 2. The van der Waals surface area contributed by atoms with Crippen molar-refractivity contribution in [3.05, 3.63) is 40.6 Å². The van der Waals surface area contributed by atoms with E-state index in [1.165, 1.54) is 0 Å². The van der Waals surface area contributed by atoms with Crippen LogP contribution in [0.1, 0.15) is 22.6 Å². The molecule has 0 aliphatic carbocycles. The number of hydrogen-bond donors (Lipinski definition) is 0. The number of carbonyl (C=O) groups is 1. The third kappa shape index (κ3) is 2.98. The molecule has 2 rings (SSSR count). The zero-order valence-corrected chi connectivity index (χ0v) is 11.5. The molecule has 0 aliphatic heterocycles. The van der Waals surface area contributed by atoms with Crippen LogP contribution in [0.2, 0.25) is 0 Å². The largest absolute Gasteiger partial charge is 0.342 e. The Morgan fingerprint density at radius 2 is 2.39 bits per heavy atom. The van der Waals surface area contributed by atoms with Crippen molar-refractivity contribution in [2.45, 2.75) is 12.8 Å². The second-order valence-corrected chi connectivity index (χ2v) is 5.08. The molecular formula is C13H17N3OS. The third-order valence-electron chi connectivity index (χ3n) is 2.93. The SMILES string of the molecule is CN(CCCc1nccn1C)C(=O)c1ccsc1. The van der Waals surface area contributed by atoms with E-state index >= 15 is 0 Å². The van der Waals surface area contributed by atoms with E-state index in [4.69, 9.17) is 0 Å². The van der Waals surface area contributed by atoms with Crippen LogP contribution in [0, 0.1) is 0 Å². The summed E-state index contributed by atoms with van der Waals surface area (Å²) in [4.78, 5) is 18.0. The number of hydrogen-bond acceptors (Lipinski definition) is 3. The maximum atomic E-state index is 12.0. The Bertz CT molecular complexity index is 504. The van der Waals surface area contributed by atoms with Crippen molar-refractivity contribution in [1.29, 1.82) is 0 Å². The fourth-order valence-electron chi connectivity index (χ4n) is 1.82. The first kappa shape index (κ1) is 12.8. The highest BCUT2D eigenvalue weighted by Gasteiger charge is 2.11. The minimum absolute atomic E-state index is 0.0936. The number of aromatic nitrogens is 2. The summed E-state index contributed by atoms with van der Waals surface area (Å²) in [7, 11) is 3.83. The summed E-state index contributed by atoms with van der Waals surface area (Å²) >= 11 is 1.55. The highest BCUT2D eigenvalue weighted by atomic mass is 32.1. The first-order valence-corrected chi connectivity index (χ1v) is 6.86. The lowest BCUT2D eigenvalue weighted by atomic mass is 10.2. The van der Waals surface area contributed by atoms with Gasteiger partial charge in [-0.15, -0.1) is 0 Å². The number of amides is 1. The van der Waals surface area contributed by atoms with Gasteiger partial charge in [0, 0.05) is 44.8 Å². The van der Waals surface area contributed by atoms with Gasteiger partial charge in [-0.25, -0.2) is 4.98 Å². The fraction of sp³-hybridized carbons (Fsp3) is 0.385. The van der Waals surface area contributed by atoms with Crippen LogP contribution in [0.5, 0.6) is 0 Å². The van der Waals surface area contributed by atoms with Crippen LogP contribution in [0.15, 0.2) is 29.2 Å². The lowest BCUT2D eigenvalue weighted by molar-refractivity contribution is 0.0794. The normalized spacial score (nSPS) is 10.6. The predicted molar refractivity (Wildman–Crippen MR) is 72.8 cm³/mol. The summed E-state index contributed by atoms with van der Waals surface area (Å²) < 4.78 is 2.01. The van der Waals surface area contributed by atoms with Crippen LogP contribution in [-0.2, 0) is 13.5 Å². The van der Waals surface area contributed by atoms with Crippen molar-refractivity contribution >= 4 is 17.2 Å². The molecule has 18 heavy (non-hydrogen) atoms. The van der Waals surface area contributed by atoms with Gasteiger partial charge < -0.3 is 9.47 Å². The van der Waals surface area contributed by atoms with Crippen molar-refractivity contribution in [3.63, 3.8) is 0 Å². The van der Waals surface area contributed by atoms with Crippen molar-refractivity contribution in [2.24, 2.45) is 7.05 Å². The summed E-state index contributed by atoms with van der Waals surface area (Å²) in [6, 6.07) is 1.86. The Balaban J connectivity index is 1.80. The summed E-state index contributed by atoms with van der Waals surface area (Å²) in [5.74, 6) is 1.16. The number of thiophene rings is 1. The second kappa shape index (κ2) is 5.82. The van der Waals surface area contributed by atoms with Crippen molar-refractivity contribution in [2.75, 3.05) is 13.6 Å². The summed E-state index contributed by atoms with van der Waals surface area (Å²) in [6.07, 6.45) is 5.56. The maximum absolute atomic E-state index is 12.0. The monoisotopic (exact) mass is 263 g/mol. The molecule has 0 aromatic carbocycles. The Hall–Kier alpha value is -1.62. The molecule has 0 atom stereocenters. The van der Waals surface area contributed by atoms with Crippen LogP contribution >= 0.6 is 11.3 Å². The molecule has 0 unspecified atom stereocenters. The Morgan fingerprint density at radius 1 is 1.56 bits per heavy atom. The molecular weight excluding hydrogens is 246 g/mol. The Kier molecular flexibility index (Phi) is 4.15. The van der Waals surface area contributed by atoms with E-state index in [1.807, 2.05) is 41.7 Å². The zero-order valence-electron chi connectivity index (χ0n) is 10.7. The van der Waals surface area contributed by atoms with Crippen LogP contribution in [0.25, 0.3) is 0 Å². The van der Waals surface area contributed by atoms with Crippen molar-refractivity contribution < 1.29 is 4.79 Å². The molecule has 2 aromatic rings. The van der Waals surface area contributed by atoms with Gasteiger partial charge >= 0.3 is 0 Å². The smallest absolute Gasteiger partial charge is 0.254 e. The van der Waals surface area contributed by atoms with Crippen LogP contribution in [0.4, 0.5) is 0 Å². The average Bonchev–Trinajstić information content (AvgIpc) is 3.00. The number of imidazole rings is 1. The molecule has 0 fully saturated rings. The van der Waals surface area contributed by atoms with E-state index in [9.17, 15) is 4.79 Å². The minimum Gasteiger partial charge on any atom is -0.342 e. The quantitative estimate of drug-likeness (QED) is 0.829. The van der Waals surface area contributed by atoms with Gasteiger partial charge in [-0.2, -0.15) is 11.3 Å². The van der Waals surface area contributed by atoms with E-state index in [0.29, 0.717) is 0 Å². The van der Waals surface area contributed by atoms with Gasteiger partial charge in [0.15, 0.2) is 0 Å². The number of nitrogens with zero attached hydrogens (tertiary/aromatic N) is 3. The molecule has 0 bridgehead atoms. The van der Waals surface area contributed by atoms with Gasteiger partial charge in [-0.1, -0.05) is 0 Å². The second-order valence-electron chi connectivity index (χ2n) is 4.30. The molecule has 0 aliphatic rings. The minimum atomic E-state index is 0.0936. The van der Waals surface area contributed by atoms with Gasteiger partial charge in [0.1, 0.15) is 5.82 Å². The van der Waals surface area contributed by atoms with E-state index in [1.54, 1.807) is 22.4 Å². The number of carbonyl (C=O) groups excluding carboxylic acids is 1. The molecule has 4 nitrogen and oxygen atoms in total. The first-order chi connectivity index (χ1) is 8.68. The molecule has 0 saturated carbocycles. The van der Waals surface area contributed by atoms with Gasteiger partial charge in [-0.3, -0.25) is 4.79 Å². The topological polar surface area (TPSA) is 38.1 Å². The Morgan fingerprint density at radius 3 is 3.00 bits per heavy atom. The van der Waals surface area contributed by atoms with Crippen molar-refractivity contribution in [1.82, 2.24) is 14.5 Å². The summed E-state index contributed by atoms with van der Waals surface area (Å²) in [6.45, 7) is 0.752. The predicted octanol–water partition coefficient (Wildman–Crippen LogP) is 2.19. The molecule has 0 spiro atoms. The third-order valence-corrected chi connectivity index (χ3v) is 3.61. The number of rotatable bonds is 5. The van der Waals surface area contributed by atoms with Gasteiger partial charge in [-0.05, 0) is 17.9 Å². The Labute approximate surface area is 111 Å². The molecule has 1 amide bonds. The van der Waals surface area contributed by atoms with E-state index in [2.05, 4.69) is 4.98 Å². The van der Waals surface area contributed by atoms with Gasteiger partial charge in [0.05, 0.1) is 5.56 Å². The average molecular weight is 263 g/mol.